The second-order valence-corrected chi connectivity index (χ2v) is 7.45. The number of imidazole rings is 1. The minimum absolute atomic E-state index is 0.132. The smallest absolute Gasteiger partial charge is 0.358 e. The first-order chi connectivity index (χ1) is 12.1. The zero-order valence-electron chi connectivity index (χ0n) is 13.8. The van der Waals surface area contributed by atoms with Crippen molar-refractivity contribution in [2.24, 2.45) is 0 Å². The summed E-state index contributed by atoms with van der Waals surface area (Å²) in [6, 6.07) is 7.91. The summed E-state index contributed by atoms with van der Waals surface area (Å²) in [5.41, 5.74) is 0.761. The molecule has 132 valence electrons. The number of nitrogens with zero attached hydrogens (tertiary/aromatic N) is 3. The second-order valence-electron chi connectivity index (χ2n) is 6.07. The molecule has 3 rings (SSSR count). The zero-order valence-corrected chi connectivity index (χ0v) is 14.6. The molecule has 1 amide bonds. The summed E-state index contributed by atoms with van der Waals surface area (Å²) in [5, 5.41) is 14.1. The van der Waals surface area contributed by atoms with Crippen LogP contribution in [0.3, 0.4) is 0 Å². The van der Waals surface area contributed by atoms with Crippen LogP contribution in [-0.2, 0) is 11.3 Å². The first-order valence-corrected chi connectivity index (χ1v) is 9.21. The van der Waals surface area contributed by atoms with E-state index in [1.165, 1.54) is 43.1 Å². The maximum atomic E-state index is 12.0. The Morgan fingerprint density at radius 2 is 2.04 bits per heavy atom. The SMILES string of the molecule is O=C(CCn1cnc([N+](=O)[O-])c1)Nc1ccc(SC2CCCC2)cc1. The molecule has 1 fully saturated rings. The van der Waals surface area contributed by atoms with E-state index in [-0.39, 0.29) is 18.1 Å². The van der Waals surface area contributed by atoms with Crippen molar-refractivity contribution in [1.82, 2.24) is 9.55 Å². The molecule has 1 aromatic heterocycles. The summed E-state index contributed by atoms with van der Waals surface area (Å²) in [6.07, 6.45) is 8.14. The summed E-state index contributed by atoms with van der Waals surface area (Å²) >= 11 is 1.91. The third-order valence-electron chi connectivity index (χ3n) is 4.15. The van der Waals surface area contributed by atoms with Crippen LogP contribution in [0.4, 0.5) is 11.5 Å². The fraction of sp³-hybridized carbons (Fsp3) is 0.412. The molecule has 7 nitrogen and oxygen atoms in total. The molecule has 1 heterocycles. The van der Waals surface area contributed by atoms with Crippen molar-refractivity contribution >= 4 is 29.2 Å². The zero-order chi connectivity index (χ0) is 17.6. The van der Waals surface area contributed by atoms with Crippen LogP contribution < -0.4 is 5.32 Å². The first-order valence-electron chi connectivity index (χ1n) is 8.33. The molecule has 1 saturated carbocycles. The number of thioether (sulfide) groups is 1. The molecule has 0 aliphatic heterocycles. The van der Waals surface area contributed by atoms with Crippen LogP contribution >= 0.6 is 11.8 Å². The molecule has 0 radical (unpaired) electrons. The van der Waals surface area contributed by atoms with Gasteiger partial charge in [-0.25, -0.2) is 0 Å². The fourth-order valence-electron chi connectivity index (χ4n) is 2.83. The van der Waals surface area contributed by atoms with Crippen molar-refractivity contribution in [1.29, 1.82) is 0 Å². The number of carbonyl (C=O) groups excluding carboxylic acids is 1. The number of hydrogen-bond acceptors (Lipinski definition) is 5. The standard InChI is InChI=1S/C17H20N4O3S/c22-17(9-10-20-11-16(18-12-20)21(23)24)19-13-5-7-15(8-6-13)25-14-3-1-2-4-14/h5-8,11-12,14H,1-4,9-10H2,(H,19,22). The number of nitro groups is 1. The van der Waals surface area contributed by atoms with Crippen LogP contribution in [0.1, 0.15) is 32.1 Å². The van der Waals surface area contributed by atoms with E-state index in [0.717, 1.165) is 10.9 Å². The number of aryl methyl sites for hydroxylation is 1. The summed E-state index contributed by atoms with van der Waals surface area (Å²) in [7, 11) is 0. The molecular formula is C17H20N4O3S. The molecular weight excluding hydrogens is 340 g/mol. The molecule has 0 spiro atoms. The second kappa shape index (κ2) is 8.15. The first kappa shape index (κ1) is 17.5. The lowest BCUT2D eigenvalue weighted by Crippen LogP contribution is -2.14. The van der Waals surface area contributed by atoms with Gasteiger partial charge in [-0.15, -0.1) is 11.8 Å². The number of rotatable bonds is 7. The molecule has 0 unspecified atom stereocenters. The van der Waals surface area contributed by atoms with Gasteiger partial charge in [-0.1, -0.05) is 12.8 Å². The average Bonchev–Trinajstić information content (AvgIpc) is 3.26. The normalized spacial score (nSPS) is 14.6. The molecule has 0 bridgehead atoms. The quantitative estimate of drug-likeness (QED) is 0.598. The van der Waals surface area contributed by atoms with Gasteiger partial charge < -0.3 is 20.0 Å². The molecule has 0 atom stereocenters. The Hall–Kier alpha value is -2.35. The Balaban J connectivity index is 1.46. The molecule has 1 aromatic carbocycles. The molecule has 1 aliphatic rings. The molecule has 25 heavy (non-hydrogen) atoms. The van der Waals surface area contributed by atoms with E-state index in [1.54, 1.807) is 4.57 Å². The predicted molar refractivity (Wildman–Crippen MR) is 96.7 cm³/mol. The highest BCUT2D eigenvalue weighted by atomic mass is 32.2. The van der Waals surface area contributed by atoms with E-state index in [0.29, 0.717) is 6.54 Å². The lowest BCUT2D eigenvalue weighted by atomic mass is 10.3. The van der Waals surface area contributed by atoms with Crippen molar-refractivity contribution in [2.45, 2.75) is 48.8 Å². The summed E-state index contributed by atoms with van der Waals surface area (Å²) in [4.78, 5) is 26.9. The van der Waals surface area contributed by atoms with E-state index in [9.17, 15) is 14.9 Å². The van der Waals surface area contributed by atoms with E-state index in [1.807, 2.05) is 36.0 Å². The van der Waals surface area contributed by atoms with Crippen LogP contribution in [0.5, 0.6) is 0 Å². The molecule has 2 aromatic rings. The predicted octanol–water partition coefficient (Wildman–Crippen LogP) is 3.85. The largest absolute Gasteiger partial charge is 0.381 e. The summed E-state index contributed by atoms with van der Waals surface area (Å²) in [5.74, 6) is -0.344. The highest BCUT2D eigenvalue weighted by Gasteiger charge is 2.16. The number of anilines is 1. The maximum absolute atomic E-state index is 12.0. The Morgan fingerprint density at radius 1 is 1.32 bits per heavy atom. The Kier molecular flexibility index (Phi) is 5.70. The van der Waals surface area contributed by atoms with Gasteiger partial charge in [-0.05, 0) is 47.0 Å². The Bertz CT molecular complexity index is 739. The van der Waals surface area contributed by atoms with Crippen LogP contribution in [0.2, 0.25) is 0 Å². The van der Waals surface area contributed by atoms with Gasteiger partial charge >= 0.3 is 5.82 Å². The van der Waals surface area contributed by atoms with Crippen molar-refractivity contribution < 1.29 is 9.72 Å². The number of amides is 1. The number of benzene rings is 1. The van der Waals surface area contributed by atoms with Crippen LogP contribution in [0, 0.1) is 10.1 Å². The lowest BCUT2D eigenvalue weighted by Gasteiger charge is -2.10. The van der Waals surface area contributed by atoms with Crippen molar-refractivity contribution in [3.05, 3.63) is 46.9 Å². The maximum Gasteiger partial charge on any atom is 0.381 e. The van der Waals surface area contributed by atoms with E-state index in [4.69, 9.17) is 0 Å². The van der Waals surface area contributed by atoms with Gasteiger partial charge in [0.25, 0.3) is 0 Å². The van der Waals surface area contributed by atoms with Crippen molar-refractivity contribution in [2.75, 3.05) is 5.32 Å². The van der Waals surface area contributed by atoms with Crippen LogP contribution in [0.25, 0.3) is 0 Å². The lowest BCUT2D eigenvalue weighted by molar-refractivity contribution is -0.389. The molecule has 8 heteroatoms. The van der Waals surface area contributed by atoms with E-state index >= 15 is 0 Å². The molecule has 0 saturated heterocycles. The van der Waals surface area contributed by atoms with Gasteiger partial charge in [0.15, 0.2) is 0 Å². The number of hydrogen-bond donors (Lipinski definition) is 1. The molecule has 1 aliphatic carbocycles. The Morgan fingerprint density at radius 3 is 2.68 bits per heavy atom. The van der Waals surface area contributed by atoms with Crippen LogP contribution in [0.15, 0.2) is 41.7 Å². The molecule has 1 N–H and O–H groups in total. The number of nitrogens with one attached hydrogen (secondary N) is 1. The highest BCUT2D eigenvalue weighted by molar-refractivity contribution is 8.00. The van der Waals surface area contributed by atoms with Crippen LogP contribution in [-0.4, -0.2) is 25.6 Å². The third kappa shape index (κ3) is 5.06. The summed E-state index contributed by atoms with van der Waals surface area (Å²) in [6.45, 7) is 0.349. The average molecular weight is 360 g/mol. The van der Waals surface area contributed by atoms with E-state index in [2.05, 4.69) is 10.3 Å². The van der Waals surface area contributed by atoms with Gasteiger partial charge in [0.2, 0.25) is 12.2 Å². The minimum atomic E-state index is -0.554. The van der Waals surface area contributed by atoms with Gasteiger partial charge in [0.05, 0.1) is 0 Å². The van der Waals surface area contributed by atoms with Gasteiger partial charge in [-0.3, -0.25) is 4.79 Å². The number of carbonyl (C=O) groups is 1. The van der Waals surface area contributed by atoms with Crippen molar-refractivity contribution in [3.63, 3.8) is 0 Å². The third-order valence-corrected chi connectivity index (χ3v) is 5.50. The summed E-state index contributed by atoms with van der Waals surface area (Å²) < 4.78 is 1.54. The topological polar surface area (TPSA) is 90.1 Å². The van der Waals surface area contributed by atoms with Gasteiger partial charge in [0, 0.05) is 28.8 Å². The van der Waals surface area contributed by atoms with Gasteiger partial charge in [0.1, 0.15) is 6.20 Å². The van der Waals surface area contributed by atoms with E-state index < -0.39 is 4.92 Å². The monoisotopic (exact) mass is 360 g/mol. The minimum Gasteiger partial charge on any atom is -0.358 e. The fourth-order valence-corrected chi connectivity index (χ4v) is 4.08. The Labute approximate surface area is 150 Å². The van der Waals surface area contributed by atoms with Gasteiger partial charge in [-0.2, -0.15) is 0 Å². The van der Waals surface area contributed by atoms with Crippen molar-refractivity contribution in [3.8, 4) is 0 Å². The highest BCUT2D eigenvalue weighted by Crippen LogP contribution is 2.34. The number of aromatic nitrogens is 2.